The van der Waals surface area contributed by atoms with E-state index < -0.39 is 12.1 Å². The summed E-state index contributed by atoms with van der Waals surface area (Å²) in [6.07, 6.45) is -1.30. The number of rotatable bonds is 3. The summed E-state index contributed by atoms with van der Waals surface area (Å²) in [5.74, 6) is -0.0245. The van der Waals surface area contributed by atoms with Crippen LogP contribution in [0, 0.1) is 0 Å². The molecule has 92 valence electrons. The first-order valence-electron chi connectivity index (χ1n) is 5.41. The van der Waals surface area contributed by atoms with E-state index in [9.17, 15) is 9.90 Å². The first kappa shape index (κ1) is 11.9. The molecule has 0 bridgehead atoms. The molecule has 0 saturated heterocycles. The molecule has 1 aromatic rings. The Bertz CT molecular complexity index is 415. The van der Waals surface area contributed by atoms with Crippen LogP contribution >= 0.6 is 0 Å². The molecule has 5 heteroatoms. The van der Waals surface area contributed by atoms with Gasteiger partial charge in [-0.3, -0.25) is 0 Å². The van der Waals surface area contributed by atoms with Gasteiger partial charge in [-0.1, -0.05) is 12.1 Å². The van der Waals surface area contributed by atoms with E-state index in [2.05, 4.69) is 0 Å². The smallest absolute Gasteiger partial charge is 0.339 e. The maximum absolute atomic E-state index is 11.5. The van der Waals surface area contributed by atoms with E-state index in [1.807, 2.05) is 0 Å². The van der Waals surface area contributed by atoms with Gasteiger partial charge in [0.05, 0.1) is 13.2 Å². The summed E-state index contributed by atoms with van der Waals surface area (Å²) < 4.78 is 15.2. The third-order valence-corrected chi connectivity index (χ3v) is 2.52. The molecule has 1 heterocycles. The minimum absolute atomic E-state index is 0.186. The largest absolute Gasteiger partial charge is 0.467 e. The second-order valence-electron chi connectivity index (χ2n) is 3.59. The van der Waals surface area contributed by atoms with Gasteiger partial charge in [-0.05, 0) is 13.0 Å². The van der Waals surface area contributed by atoms with Crippen LogP contribution in [0.25, 0.3) is 0 Å². The van der Waals surface area contributed by atoms with Crippen molar-refractivity contribution >= 4 is 5.97 Å². The molecule has 17 heavy (non-hydrogen) atoms. The number of fused-ring (bicyclic) bond motifs is 1. The summed E-state index contributed by atoms with van der Waals surface area (Å²) in [5, 5.41) is 9.89. The Morgan fingerprint density at radius 1 is 1.59 bits per heavy atom. The van der Waals surface area contributed by atoms with Crippen molar-refractivity contribution in [3.05, 3.63) is 29.3 Å². The molecule has 1 aromatic carbocycles. The van der Waals surface area contributed by atoms with Gasteiger partial charge in [0, 0.05) is 11.1 Å². The van der Waals surface area contributed by atoms with Crippen LogP contribution in [-0.2, 0) is 20.9 Å². The number of hydrogen-bond acceptors (Lipinski definition) is 5. The summed E-state index contributed by atoms with van der Waals surface area (Å²) >= 11 is 0. The number of carbonyl (C=O) groups is 1. The molecule has 0 spiro atoms. The van der Waals surface area contributed by atoms with E-state index in [0.717, 1.165) is 0 Å². The van der Waals surface area contributed by atoms with E-state index in [-0.39, 0.29) is 13.4 Å². The van der Waals surface area contributed by atoms with Crippen molar-refractivity contribution in [1.82, 2.24) is 0 Å². The normalized spacial score (nSPS) is 15.6. The van der Waals surface area contributed by atoms with Crippen LogP contribution in [0.15, 0.2) is 18.2 Å². The Hall–Kier alpha value is -1.59. The minimum atomic E-state index is -1.30. The van der Waals surface area contributed by atoms with Crippen LogP contribution in [0.4, 0.5) is 0 Å². The van der Waals surface area contributed by atoms with Crippen LogP contribution in [0.3, 0.4) is 0 Å². The fraction of sp³-hybridized carbons (Fsp3) is 0.417. The van der Waals surface area contributed by atoms with Crippen molar-refractivity contribution in [2.75, 3.05) is 13.4 Å². The van der Waals surface area contributed by atoms with Crippen molar-refractivity contribution in [2.24, 2.45) is 0 Å². The number of benzene rings is 1. The molecule has 0 saturated carbocycles. The van der Waals surface area contributed by atoms with Gasteiger partial charge in [0.2, 0.25) is 0 Å². The Morgan fingerprint density at radius 3 is 3.18 bits per heavy atom. The van der Waals surface area contributed by atoms with Crippen molar-refractivity contribution in [3.63, 3.8) is 0 Å². The summed E-state index contributed by atoms with van der Waals surface area (Å²) in [6, 6.07) is 5.17. The zero-order chi connectivity index (χ0) is 12.3. The molecule has 1 atom stereocenters. The fourth-order valence-electron chi connectivity index (χ4n) is 1.73. The van der Waals surface area contributed by atoms with Gasteiger partial charge >= 0.3 is 5.97 Å². The highest BCUT2D eigenvalue weighted by Crippen LogP contribution is 2.30. The monoisotopic (exact) mass is 238 g/mol. The molecule has 1 aliphatic heterocycles. The van der Waals surface area contributed by atoms with Crippen LogP contribution in [0.1, 0.15) is 24.2 Å². The SMILES string of the molecule is CCOC(=O)C(O)c1cccc2c1COCO2. The van der Waals surface area contributed by atoms with Crippen molar-refractivity contribution in [2.45, 2.75) is 19.6 Å². The predicted molar refractivity (Wildman–Crippen MR) is 58.3 cm³/mol. The summed E-state index contributed by atoms with van der Waals surface area (Å²) in [4.78, 5) is 11.5. The fourth-order valence-corrected chi connectivity index (χ4v) is 1.73. The average Bonchev–Trinajstić information content (AvgIpc) is 2.37. The highest BCUT2D eigenvalue weighted by atomic mass is 16.7. The maximum Gasteiger partial charge on any atom is 0.339 e. The molecule has 0 aliphatic carbocycles. The van der Waals surface area contributed by atoms with E-state index >= 15 is 0 Å². The van der Waals surface area contributed by atoms with Crippen LogP contribution in [0.2, 0.25) is 0 Å². The van der Waals surface area contributed by atoms with E-state index in [4.69, 9.17) is 14.2 Å². The number of esters is 1. The maximum atomic E-state index is 11.5. The molecule has 0 aromatic heterocycles. The molecule has 2 rings (SSSR count). The molecule has 0 amide bonds. The number of ether oxygens (including phenoxy) is 3. The lowest BCUT2D eigenvalue weighted by Gasteiger charge is -2.22. The van der Waals surface area contributed by atoms with Gasteiger partial charge in [-0.15, -0.1) is 0 Å². The summed E-state index contributed by atoms with van der Waals surface area (Å²) in [5.41, 5.74) is 1.17. The highest BCUT2D eigenvalue weighted by Gasteiger charge is 2.25. The lowest BCUT2D eigenvalue weighted by atomic mass is 10.0. The Kier molecular flexibility index (Phi) is 3.61. The number of aliphatic hydroxyl groups excluding tert-OH is 1. The Labute approximate surface area is 98.9 Å². The second kappa shape index (κ2) is 5.16. The van der Waals surface area contributed by atoms with Crippen LogP contribution in [-0.4, -0.2) is 24.5 Å². The number of carbonyl (C=O) groups excluding carboxylic acids is 1. The molecule has 0 radical (unpaired) electrons. The zero-order valence-corrected chi connectivity index (χ0v) is 9.51. The van der Waals surface area contributed by atoms with E-state index in [1.54, 1.807) is 25.1 Å². The minimum Gasteiger partial charge on any atom is -0.467 e. The third-order valence-electron chi connectivity index (χ3n) is 2.52. The first-order chi connectivity index (χ1) is 8.24. The van der Waals surface area contributed by atoms with Gasteiger partial charge in [0.15, 0.2) is 12.9 Å². The molecule has 1 unspecified atom stereocenters. The molecule has 5 nitrogen and oxygen atoms in total. The summed E-state index contributed by atoms with van der Waals surface area (Å²) in [7, 11) is 0. The summed E-state index contributed by atoms with van der Waals surface area (Å²) in [6.45, 7) is 2.43. The average molecular weight is 238 g/mol. The zero-order valence-electron chi connectivity index (χ0n) is 9.51. The van der Waals surface area contributed by atoms with E-state index in [1.165, 1.54) is 0 Å². The van der Waals surface area contributed by atoms with Gasteiger partial charge in [-0.25, -0.2) is 4.79 Å². The molecule has 1 N–H and O–H groups in total. The van der Waals surface area contributed by atoms with Gasteiger partial charge in [0.1, 0.15) is 5.75 Å². The third kappa shape index (κ3) is 2.40. The van der Waals surface area contributed by atoms with E-state index in [0.29, 0.717) is 23.5 Å². The van der Waals surface area contributed by atoms with Crippen LogP contribution in [0.5, 0.6) is 5.75 Å². The van der Waals surface area contributed by atoms with Crippen molar-refractivity contribution < 1.29 is 24.1 Å². The number of aliphatic hydroxyl groups is 1. The highest BCUT2D eigenvalue weighted by molar-refractivity contribution is 5.77. The van der Waals surface area contributed by atoms with Crippen molar-refractivity contribution in [1.29, 1.82) is 0 Å². The molecular weight excluding hydrogens is 224 g/mol. The van der Waals surface area contributed by atoms with Gasteiger partial charge in [0.25, 0.3) is 0 Å². The lowest BCUT2D eigenvalue weighted by molar-refractivity contribution is -0.153. The topological polar surface area (TPSA) is 65.0 Å². The van der Waals surface area contributed by atoms with Crippen molar-refractivity contribution in [3.8, 4) is 5.75 Å². The molecular formula is C12H14O5. The number of hydrogen-bond donors (Lipinski definition) is 1. The Balaban J connectivity index is 2.28. The lowest BCUT2D eigenvalue weighted by Crippen LogP contribution is -2.20. The standard InChI is InChI=1S/C12H14O5/c1-2-16-12(14)11(13)8-4-3-5-10-9(8)6-15-7-17-10/h3-5,11,13H,2,6-7H2,1H3. The molecule has 0 fully saturated rings. The van der Waals surface area contributed by atoms with Gasteiger partial charge < -0.3 is 19.3 Å². The molecule has 1 aliphatic rings. The van der Waals surface area contributed by atoms with Gasteiger partial charge in [-0.2, -0.15) is 0 Å². The Morgan fingerprint density at radius 2 is 2.41 bits per heavy atom. The predicted octanol–water partition coefficient (Wildman–Crippen LogP) is 1.15. The quantitative estimate of drug-likeness (QED) is 0.800. The second-order valence-corrected chi connectivity index (χ2v) is 3.59. The van der Waals surface area contributed by atoms with Crippen LogP contribution < -0.4 is 4.74 Å². The first-order valence-corrected chi connectivity index (χ1v) is 5.41.